The van der Waals surface area contributed by atoms with Crippen LogP contribution < -0.4 is 16.0 Å². The number of aromatic nitrogens is 3. The molecule has 0 radical (unpaired) electrons. The fraction of sp³-hybridized carbons (Fsp3) is 0.360. The van der Waals surface area contributed by atoms with Crippen molar-refractivity contribution in [1.29, 1.82) is 0 Å². The molecule has 0 saturated carbocycles. The topological polar surface area (TPSA) is 132 Å². The molecule has 9 nitrogen and oxygen atoms in total. The van der Waals surface area contributed by atoms with Crippen LogP contribution >= 0.6 is 0 Å². The van der Waals surface area contributed by atoms with Gasteiger partial charge in [0.05, 0.1) is 12.1 Å². The summed E-state index contributed by atoms with van der Waals surface area (Å²) in [7, 11) is 0. The predicted molar refractivity (Wildman–Crippen MR) is 129 cm³/mol. The molecule has 192 valence electrons. The summed E-state index contributed by atoms with van der Waals surface area (Å²) < 4.78 is 27.4. The van der Waals surface area contributed by atoms with E-state index in [1.807, 2.05) is 18.2 Å². The minimum atomic E-state index is -1.04. The molecule has 36 heavy (non-hydrogen) atoms. The molecule has 2 atom stereocenters. The molecular weight excluding hydrogens is 470 g/mol. The van der Waals surface area contributed by atoms with E-state index in [0.29, 0.717) is 12.1 Å². The number of aromatic amines is 1. The van der Waals surface area contributed by atoms with E-state index >= 15 is 0 Å². The summed E-state index contributed by atoms with van der Waals surface area (Å²) in [5, 5.41) is 25.3. The number of aliphatic hydroxyl groups excluding tert-OH is 1. The zero-order chi connectivity index (χ0) is 25.9. The predicted octanol–water partition coefficient (Wildman–Crippen LogP) is 1.64. The molecule has 0 fully saturated rings. The summed E-state index contributed by atoms with van der Waals surface area (Å²) in [6.45, 7) is 2.74. The Hall–Kier alpha value is -3.70. The molecule has 11 heteroatoms. The third kappa shape index (κ3) is 8.51. The molecule has 3 rings (SSSR count). The normalized spacial score (nSPS) is 12.7. The molecule has 0 aliphatic carbocycles. The highest BCUT2D eigenvalue weighted by molar-refractivity contribution is 5.90. The Morgan fingerprint density at radius 2 is 1.83 bits per heavy atom. The molecule has 0 bridgehead atoms. The van der Waals surface area contributed by atoms with Gasteiger partial charge in [-0.2, -0.15) is 5.10 Å². The van der Waals surface area contributed by atoms with Gasteiger partial charge in [-0.1, -0.05) is 31.2 Å². The number of halogens is 2. The van der Waals surface area contributed by atoms with Crippen LogP contribution in [0, 0.1) is 11.6 Å². The van der Waals surface area contributed by atoms with Crippen LogP contribution in [0.5, 0.6) is 0 Å². The second-order valence-corrected chi connectivity index (χ2v) is 8.37. The van der Waals surface area contributed by atoms with Crippen molar-refractivity contribution in [3.8, 4) is 0 Å². The molecular formula is C25H30F2N6O3. The molecule has 1 heterocycles. The largest absolute Gasteiger partial charge is 0.390 e. The highest BCUT2D eigenvalue weighted by Gasteiger charge is 2.22. The van der Waals surface area contributed by atoms with Crippen LogP contribution in [0.4, 0.5) is 8.78 Å². The number of aliphatic hydroxyl groups is 1. The third-order valence-corrected chi connectivity index (χ3v) is 5.54. The Balaban J connectivity index is 1.57. The van der Waals surface area contributed by atoms with Gasteiger partial charge in [0.2, 0.25) is 11.7 Å². The average molecular weight is 501 g/mol. The van der Waals surface area contributed by atoms with Crippen molar-refractivity contribution in [3.05, 3.63) is 82.9 Å². The van der Waals surface area contributed by atoms with E-state index in [1.54, 1.807) is 0 Å². The Morgan fingerprint density at radius 1 is 1.08 bits per heavy atom. The van der Waals surface area contributed by atoms with E-state index in [-0.39, 0.29) is 31.8 Å². The summed E-state index contributed by atoms with van der Waals surface area (Å²) in [6.07, 6.45) is 1.00. The zero-order valence-corrected chi connectivity index (χ0v) is 19.9. The fourth-order valence-electron chi connectivity index (χ4n) is 3.70. The van der Waals surface area contributed by atoms with Gasteiger partial charge in [-0.05, 0) is 41.7 Å². The number of hydrogen-bond acceptors (Lipinski definition) is 6. The number of nitrogens with one attached hydrogen (secondary N) is 4. The van der Waals surface area contributed by atoms with Crippen molar-refractivity contribution in [3.63, 3.8) is 0 Å². The van der Waals surface area contributed by atoms with E-state index in [0.717, 1.165) is 30.2 Å². The molecule has 0 aliphatic heterocycles. The number of benzene rings is 2. The molecule has 0 saturated heterocycles. The van der Waals surface area contributed by atoms with Crippen LogP contribution in [0.25, 0.3) is 0 Å². The minimum Gasteiger partial charge on any atom is -0.390 e. The lowest BCUT2D eigenvalue weighted by molar-refractivity contribution is -0.122. The number of carbonyl (C=O) groups excluding carboxylic acids is 2. The molecule has 3 aromatic rings. The number of amides is 2. The fourth-order valence-corrected chi connectivity index (χ4v) is 3.70. The van der Waals surface area contributed by atoms with Gasteiger partial charge in [0.1, 0.15) is 18.0 Å². The molecule has 5 N–H and O–H groups in total. The van der Waals surface area contributed by atoms with Crippen LogP contribution in [0.3, 0.4) is 0 Å². The highest BCUT2D eigenvalue weighted by Crippen LogP contribution is 2.12. The van der Waals surface area contributed by atoms with Crippen molar-refractivity contribution in [2.45, 2.75) is 44.9 Å². The maximum Gasteiger partial charge on any atom is 0.288 e. The molecule has 0 unspecified atom stereocenters. The molecule has 0 spiro atoms. The van der Waals surface area contributed by atoms with Crippen LogP contribution in [-0.4, -0.2) is 57.3 Å². The van der Waals surface area contributed by atoms with Crippen molar-refractivity contribution in [2.75, 3.05) is 13.1 Å². The van der Waals surface area contributed by atoms with Crippen molar-refractivity contribution >= 4 is 11.8 Å². The Morgan fingerprint density at radius 3 is 2.53 bits per heavy atom. The van der Waals surface area contributed by atoms with Gasteiger partial charge in [-0.25, -0.2) is 13.8 Å². The van der Waals surface area contributed by atoms with Crippen molar-refractivity contribution < 1.29 is 23.5 Å². The lowest BCUT2D eigenvalue weighted by Crippen LogP contribution is -2.49. The number of H-pyrrole nitrogens is 1. The van der Waals surface area contributed by atoms with Crippen LogP contribution in [0.15, 0.2) is 48.8 Å². The Bertz CT molecular complexity index is 1120. The van der Waals surface area contributed by atoms with Gasteiger partial charge in [0.15, 0.2) is 0 Å². The lowest BCUT2D eigenvalue weighted by atomic mass is 10.00. The van der Waals surface area contributed by atoms with Gasteiger partial charge in [0, 0.05) is 32.1 Å². The lowest BCUT2D eigenvalue weighted by Gasteiger charge is -2.25. The summed E-state index contributed by atoms with van der Waals surface area (Å²) in [5.41, 5.74) is 2.55. The first-order valence-electron chi connectivity index (χ1n) is 11.7. The first-order chi connectivity index (χ1) is 17.3. The maximum absolute atomic E-state index is 13.7. The Kier molecular flexibility index (Phi) is 10.0. The first kappa shape index (κ1) is 26.9. The van der Waals surface area contributed by atoms with E-state index in [4.69, 9.17) is 0 Å². The van der Waals surface area contributed by atoms with E-state index in [2.05, 4.69) is 44.1 Å². The van der Waals surface area contributed by atoms with E-state index < -0.39 is 35.6 Å². The third-order valence-electron chi connectivity index (χ3n) is 5.54. The quantitative estimate of drug-likeness (QED) is 0.243. The van der Waals surface area contributed by atoms with Crippen molar-refractivity contribution in [2.24, 2.45) is 0 Å². The van der Waals surface area contributed by atoms with Crippen LogP contribution in [0.2, 0.25) is 0 Å². The summed E-state index contributed by atoms with van der Waals surface area (Å²) in [5.74, 6) is -2.41. The second kappa shape index (κ2) is 13.4. The number of rotatable bonds is 13. The second-order valence-electron chi connectivity index (χ2n) is 8.37. The minimum absolute atomic E-state index is 0.0129. The van der Waals surface area contributed by atoms with Gasteiger partial charge < -0.3 is 21.1 Å². The number of hydrogen-bond donors (Lipinski definition) is 5. The first-order valence-corrected chi connectivity index (χ1v) is 11.7. The van der Waals surface area contributed by atoms with E-state index in [9.17, 15) is 23.5 Å². The smallest absolute Gasteiger partial charge is 0.288 e. The van der Waals surface area contributed by atoms with E-state index in [1.165, 1.54) is 11.9 Å². The van der Waals surface area contributed by atoms with Crippen LogP contribution in [-0.2, 0) is 24.2 Å². The highest BCUT2D eigenvalue weighted by atomic mass is 19.1. The molecule has 2 aromatic carbocycles. The molecule has 0 aliphatic rings. The van der Waals surface area contributed by atoms with Gasteiger partial charge in [-0.3, -0.25) is 14.7 Å². The SMILES string of the molecule is CCc1cccc(CNC[C@H](O)[C@@H](Cc2cc(F)cc(F)c2)NC(=O)CCNC(=O)c2ncn[nH]2)c1. The summed E-state index contributed by atoms with van der Waals surface area (Å²) >= 11 is 0. The van der Waals surface area contributed by atoms with Gasteiger partial charge >= 0.3 is 0 Å². The summed E-state index contributed by atoms with van der Waals surface area (Å²) in [6, 6.07) is 10.3. The summed E-state index contributed by atoms with van der Waals surface area (Å²) in [4.78, 5) is 28.2. The zero-order valence-electron chi connectivity index (χ0n) is 19.9. The van der Waals surface area contributed by atoms with Crippen LogP contribution in [0.1, 0.15) is 40.7 Å². The van der Waals surface area contributed by atoms with Crippen molar-refractivity contribution in [1.82, 2.24) is 31.1 Å². The number of aryl methyl sites for hydroxylation is 1. The molecule has 2 amide bonds. The average Bonchev–Trinajstić information content (AvgIpc) is 3.38. The van der Waals surface area contributed by atoms with Gasteiger partial charge in [-0.15, -0.1) is 0 Å². The maximum atomic E-state index is 13.7. The standard InChI is InChI=1S/C25H30F2N6O3/c1-2-16-4-3-5-17(8-16)13-28-14-22(34)21(11-18-9-19(26)12-20(27)10-18)32-23(35)6-7-29-25(36)24-30-15-31-33-24/h3-5,8-10,12,15,21-22,28,34H,2,6-7,11,13-14H2,1H3,(H,29,36)(H,32,35)(H,30,31,33)/t21-,22+/m1/s1. The Labute approximate surface area is 207 Å². The number of carbonyl (C=O) groups is 2. The van der Waals surface area contributed by atoms with Gasteiger partial charge in [0.25, 0.3) is 5.91 Å². The molecule has 1 aromatic heterocycles. The number of nitrogens with zero attached hydrogens (tertiary/aromatic N) is 2. The monoisotopic (exact) mass is 500 g/mol.